The third-order valence-corrected chi connectivity index (χ3v) is 5.60. The first-order chi connectivity index (χ1) is 15.1. The minimum atomic E-state index is -0.667. The fourth-order valence-electron chi connectivity index (χ4n) is 3.80. The van der Waals surface area contributed by atoms with Crippen LogP contribution in [0.2, 0.25) is 0 Å². The van der Waals surface area contributed by atoms with Gasteiger partial charge in [0.1, 0.15) is 11.3 Å². The summed E-state index contributed by atoms with van der Waals surface area (Å²) in [5.41, 5.74) is 1.16. The Labute approximate surface area is 183 Å². The zero-order chi connectivity index (χ0) is 22.1. The van der Waals surface area contributed by atoms with Crippen molar-refractivity contribution in [3.8, 4) is 5.75 Å². The van der Waals surface area contributed by atoms with Gasteiger partial charge in [-0.05, 0) is 49.9 Å². The zero-order valence-corrected chi connectivity index (χ0v) is 18.3. The Balaban J connectivity index is 1.86. The molecule has 0 spiro atoms. The van der Waals surface area contributed by atoms with Crippen molar-refractivity contribution in [1.29, 1.82) is 0 Å². The van der Waals surface area contributed by atoms with E-state index in [4.69, 9.17) is 14.2 Å². The number of amides is 1. The van der Waals surface area contributed by atoms with Crippen molar-refractivity contribution in [2.24, 2.45) is 0 Å². The maximum atomic E-state index is 13.5. The van der Waals surface area contributed by atoms with Gasteiger partial charge in [0.05, 0.1) is 18.6 Å². The molecule has 6 heteroatoms. The van der Waals surface area contributed by atoms with E-state index >= 15 is 0 Å². The molecule has 1 N–H and O–H groups in total. The van der Waals surface area contributed by atoms with Gasteiger partial charge in [-0.1, -0.05) is 43.7 Å². The molecule has 6 nitrogen and oxygen atoms in total. The van der Waals surface area contributed by atoms with Crippen LogP contribution in [0.4, 0.5) is 5.69 Å². The predicted octanol–water partition coefficient (Wildman–Crippen LogP) is 4.73. The number of esters is 1. The molecule has 1 aliphatic rings. The summed E-state index contributed by atoms with van der Waals surface area (Å²) >= 11 is 0. The first-order valence-corrected chi connectivity index (χ1v) is 11.0. The van der Waals surface area contributed by atoms with Gasteiger partial charge in [0.15, 0.2) is 0 Å². The Morgan fingerprint density at radius 2 is 1.81 bits per heavy atom. The molecule has 166 valence electrons. The van der Waals surface area contributed by atoms with Crippen LogP contribution in [0.1, 0.15) is 55.5 Å². The lowest BCUT2D eigenvalue weighted by molar-refractivity contribution is -0.125. The third-order valence-electron chi connectivity index (χ3n) is 5.60. The Morgan fingerprint density at radius 3 is 2.48 bits per heavy atom. The van der Waals surface area contributed by atoms with Crippen LogP contribution in [0.15, 0.2) is 48.5 Å². The average molecular weight is 426 g/mol. The molecule has 1 amide bonds. The summed E-state index contributed by atoms with van der Waals surface area (Å²) in [6, 6.07) is 14.9. The first kappa shape index (κ1) is 22.8. The quantitative estimate of drug-likeness (QED) is 0.464. The van der Waals surface area contributed by atoms with E-state index in [9.17, 15) is 9.59 Å². The highest BCUT2D eigenvalue weighted by Gasteiger charge is 2.41. The molecule has 1 heterocycles. The van der Waals surface area contributed by atoms with Gasteiger partial charge < -0.3 is 19.5 Å². The van der Waals surface area contributed by atoms with E-state index in [2.05, 4.69) is 12.2 Å². The van der Waals surface area contributed by atoms with Gasteiger partial charge in [-0.15, -0.1) is 0 Å². The maximum Gasteiger partial charge on any atom is 0.341 e. The van der Waals surface area contributed by atoms with Crippen LogP contribution >= 0.6 is 0 Å². The molecule has 0 aliphatic carbocycles. The Hall–Kier alpha value is -2.86. The number of carbonyl (C=O) groups excluding carboxylic acids is 2. The molecule has 0 bridgehead atoms. The zero-order valence-electron chi connectivity index (χ0n) is 18.3. The van der Waals surface area contributed by atoms with Crippen LogP contribution in [-0.4, -0.2) is 38.3 Å². The summed E-state index contributed by atoms with van der Waals surface area (Å²) in [5.74, 6) is -0.0980. The second kappa shape index (κ2) is 11.0. The minimum Gasteiger partial charge on any atom is -0.493 e. The highest BCUT2D eigenvalue weighted by atomic mass is 16.5. The van der Waals surface area contributed by atoms with Gasteiger partial charge in [0.2, 0.25) is 5.91 Å². The van der Waals surface area contributed by atoms with Crippen molar-refractivity contribution in [3.63, 3.8) is 0 Å². The number of ether oxygens (including phenoxy) is 3. The lowest BCUT2D eigenvalue weighted by atomic mass is 9.73. The summed E-state index contributed by atoms with van der Waals surface area (Å²) in [4.78, 5) is 26.0. The Kier molecular flexibility index (Phi) is 8.06. The number of rotatable bonds is 9. The summed E-state index contributed by atoms with van der Waals surface area (Å²) in [7, 11) is 0. The van der Waals surface area contributed by atoms with E-state index in [0.717, 1.165) is 18.4 Å². The van der Waals surface area contributed by atoms with Crippen LogP contribution in [0.25, 0.3) is 0 Å². The molecule has 1 fully saturated rings. The molecular weight excluding hydrogens is 394 g/mol. The molecule has 2 aromatic carbocycles. The van der Waals surface area contributed by atoms with E-state index in [1.165, 1.54) is 0 Å². The van der Waals surface area contributed by atoms with Crippen molar-refractivity contribution < 1.29 is 23.8 Å². The van der Waals surface area contributed by atoms with Crippen molar-refractivity contribution in [2.45, 2.75) is 44.9 Å². The van der Waals surface area contributed by atoms with Crippen LogP contribution in [0.3, 0.4) is 0 Å². The summed E-state index contributed by atoms with van der Waals surface area (Å²) < 4.78 is 16.5. The number of carbonyl (C=O) groups is 2. The second-order valence-corrected chi connectivity index (χ2v) is 7.65. The van der Waals surface area contributed by atoms with Crippen LogP contribution in [0, 0.1) is 0 Å². The highest BCUT2D eigenvalue weighted by molar-refractivity contribution is 6.01. The Bertz CT molecular complexity index is 875. The van der Waals surface area contributed by atoms with Gasteiger partial charge in [-0.25, -0.2) is 4.79 Å². The van der Waals surface area contributed by atoms with Gasteiger partial charge in [-0.3, -0.25) is 4.79 Å². The molecular formula is C25H31NO5. The fraction of sp³-hybridized carbons (Fsp3) is 0.440. The average Bonchev–Trinajstić information content (AvgIpc) is 2.81. The first-order valence-electron chi connectivity index (χ1n) is 11.0. The number of hydrogen-bond acceptors (Lipinski definition) is 5. The maximum absolute atomic E-state index is 13.5. The summed E-state index contributed by atoms with van der Waals surface area (Å²) in [6.07, 6.45) is 3.09. The van der Waals surface area contributed by atoms with Gasteiger partial charge >= 0.3 is 5.97 Å². The lowest BCUT2D eigenvalue weighted by Gasteiger charge is -2.36. The molecule has 0 radical (unpaired) electrons. The smallest absolute Gasteiger partial charge is 0.341 e. The molecule has 3 rings (SSSR count). The van der Waals surface area contributed by atoms with Gasteiger partial charge in [-0.2, -0.15) is 0 Å². The van der Waals surface area contributed by atoms with Crippen molar-refractivity contribution >= 4 is 17.6 Å². The normalized spacial score (nSPS) is 15.2. The van der Waals surface area contributed by atoms with Crippen molar-refractivity contribution in [3.05, 3.63) is 59.7 Å². The van der Waals surface area contributed by atoms with E-state index in [1.807, 2.05) is 30.3 Å². The molecule has 2 aromatic rings. The fourth-order valence-corrected chi connectivity index (χ4v) is 3.80. The number of hydrogen-bond donors (Lipinski definition) is 1. The van der Waals surface area contributed by atoms with E-state index < -0.39 is 11.4 Å². The number of benzene rings is 2. The topological polar surface area (TPSA) is 73.9 Å². The minimum absolute atomic E-state index is 0.100. The van der Waals surface area contributed by atoms with Gasteiger partial charge in [0, 0.05) is 18.9 Å². The molecule has 0 atom stereocenters. The van der Waals surface area contributed by atoms with E-state index in [0.29, 0.717) is 49.7 Å². The monoisotopic (exact) mass is 425 g/mol. The van der Waals surface area contributed by atoms with Crippen LogP contribution < -0.4 is 10.1 Å². The number of nitrogens with one attached hydrogen (secondary N) is 1. The largest absolute Gasteiger partial charge is 0.493 e. The molecule has 0 unspecified atom stereocenters. The SMILES string of the molecule is CCCCOc1ccc(NC(=O)C2(c3ccccc3)CCOCC2)cc1C(=O)OCC. The standard InChI is InChI=1S/C25H31NO5/c1-3-5-15-31-22-12-11-20(18-21(22)23(27)30-4-2)26-24(28)25(13-16-29-17-14-25)19-9-7-6-8-10-19/h6-12,18H,3-5,13-17H2,1-2H3,(H,26,28). The van der Waals surface area contributed by atoms with E-state index in [1.54, 1.807) is 25.1 Å². The summed E-state index contributed by atoms with van der Waals surface area (Å²) in [5, 5.41) is 3.02. The molecule has 0 aromatic heterocycles. The second-order valence-electron chi connectivity index (χ2n) is 7.65. The molecule has 0 saturated carbocycles. The molecule has 1 aliphatic heterocycles. The van der Waals surface area contributed by atoms with Crippen molar-refractivity contribution in [1.82, 2.24) is 0 Å². The molecule has 31 heavy (non-hydrogen) atoms. The van der Waals surface area contributed by atoms with Crippen molar-refractivity contribution in [2.75, 3.05) is 31.7 Å². The number of unbranched alkanes of at least 4 members (excludes halogenated alkanes) is 1. The van der Waals surface area contributed by atoms with Gasteiger partial charge in [0.25, 0.3) is 0 Å². The van der Waals surface area contributed by atoms with Crippen LogP contribution in [0.5, 0.6) is 5.75 Å². The predicted molar refractivity (Wildman–Crippen MR) is 120 cm³/mol. The van der Waals surface area contributed by atoms with Crippen LogP contribution in [-0.2, 0) is 19.7 Å². The Morgan fingerprint density at radius 1 is 1.06 bits per heavy atom. The van der Waals surface area contributed by atoms with E-state index in [-0.39, 0.29) is 12.5 Å². The third kappa shape index (κ3) is 5.44. The summed E-state index contributed by atoms with van der Waals surface area (Å²) in [6.45, 7) is 5.68. The highest BCUT2D eigenvalue weighted by Crippen LogP contribution is 2.36. The number of anilines is 1. The molecule has 1 saturated heterocycles. The lowest BCUT2D eigenvalue weighted by Crippen LogP contribution is -2.44.